The first-order valence-electron chi connectivity index (χ1n) is 8.49. The molecule has 0 radical (unpaired) electrons. The number of halogens is 1. The first-order chi connectivity index (χ1) is 13.0. The van der Waals surface area contributed by atoms with E-state index in [2.05, 4.69) is 10.5 Å². The number of amides is 1. The Hall–Kier alpha value is -2.73. The van der Waals surface area contributed by atoms with E-state index in [-0.39, 0.29) is 5.91 Å². The average Bonchev–Trinajstić information content (AvgIpc) is 2.63. The normalized spacial score (nSPS) is 10.7. The molecule has 27 heavy (non-hydrogen) atoms. The molecule has 7 heteroatoms. The Kier molecular flexibility index (Phi) is 7.95. The lowest BCUT2D eigenvalue weighted by Crippen LogP contribution is -2.12. The molecule has 0 fully saturated rings. The maximum atomic E-state index is 10.9. The van der Waals surface area contributed by atoms with Gasteiger partial charge in [-0.2, -0.15) is 5.10 Å². The number of para-hydroxylation sites is 1. The quantitative estimate of drug-likeness (QED) is 0.399. The summed E-state index contributed by atoms with van der Waals surface area (Å²) in [5.74, 6) is 1.58. The van der Waals surface area contributed by atoms with Gasteiger partial charge in [0.15, 0.2) is 11.5 Å². The molecule has 0 heterocycles. The minimum atomic E-state index is -0.253. The maximum Gasteiger partial charge on any atom is 0.236 e. The molecule has 0 spiro atoms. The van der Waals surface area contributed by atoms with Gasteiger partial charge in [0, 0.05) is 13.3 Å². The summed E-state index contributed by atoms with van der Waals surface area (Å²) in [6.07, 6.45) is 2.18. The van der Waals surface area contributed by atoms with E-state index < -0.39 is 0 Å². The fourth-order valence-corrected chi connectivity index (χ4v) is 2.56. The number of hydrogen-bond acceptors (Lipinski definition) is 5. The van der Waals surface area contributed by atoms with Crippen molar-refractivity contribution in [3.8, 4) is 17.2 Å². The Balaban J connectivity index is 1.90. The van der Waals surface area contributed by atoms with Crippen molar-refractivity contribution in [3.05, 3.63) is 52.5 Å². The van der Waals surface area contributed by atoms with Gasteiger partial charge in [-0.25, -0.2) is 5.43 Å². The first-order valence-corrected chi connectivity index (χ1v) is 8.87. The molecule has 2 aromatic rings. The van der Waals surface area contributed by atoms with Crippen LogP contribution in [0.5, 0.6) is 17.2 Å². The third kappa shape index (κ3) is 6.49. The number of carbonyl (C=O) groups is 1. The second kappa shape index (κ2) is 10.4. The molecule has 1 N–H and O–H groups in total. The van der Waals surface area contributed by atoms with Crippen molar-refractivity contribution in [1.82, 2.24) is 5.43 Å². The van der Waals surface area contributed by atoms with Gasteiger partial charge in [-0.15, -0.1) is 0 Å². The van der Waals surface area contributed by atoms with Crippen LogP contribution in [0, 0.1) is 6.92 Å². The second-order valence-corrected chi connectivity index (χ2v) is 6.18. The number of aryl methyl sites for hydroxylation is 1. The highest BCUT2D eigenvalue weighted by molar-refractivity contribution is 6.32. The number of nitrogens with zero attached hydrogens (tertiary/aromatic N) is 1. The molecular formula is C20H23ClN2O4. The van der Waals surface area contributed by atoms with E-state index in [1.165, 1.54) is 20.2 Å². The molecule has 0 bridgehead atoms. The highest BCUT2D eigenvalue weighted by Crippen LogP contribution is 2.36. The van der Waals surface area contributed by atoms with E-state index in [1.54, 1.807) is 12.1 Å². The van der Waals surface area contributed by atoms with Gasteiger partial charge < -0.3 is 14.2 Å². The monoisotopic (exact) mass is 390 g/mol. The van der Waals surface area contributed by atoms with Crippen LogP contribution in [0.2, 0.25) is 5.02 Å². The molecular weight excluding hydrogens is 368 g/mol. The van der Waals surface area contributed by atoms with Gasteiger partial charge in [-0.3, -0.25) is 4.79 Å². The number of hydrogen-bond donors (Lipinski definition) is 1. The van der Waals surface area contributed by atoms with Crippen LogP contribution >= 0.6 is 11.6 Å². The Morgan fingerprint density at radius 3 is 2.63 bits per heavy atom. The molecule has 0 saturated heterocycles. The van der Waals surface area contributed by atoms with Crippen LogP contribution < -0.4 is 19.6 Å². The Morgan fingerprint density at radius 2 is 1.93 bits per heavy atom. The van der Waals surface area contributed by atoms with E-state index in [9.17, 15) is 4.79 Å². The smallest absolute Gasteiger partial charge is 0.236 e. The van der Waals surface area contributed by atoms with E-state index in [1.807, 2.05) is 31.2 Å². The van der Waals surface area contributed by atoms with Gasteiger partial charge in [-0.05, 0) is 36.2 Å². The summed E-state index contributed by atoms with van der Waals surface area (Å²) >= 11 is 6.30. The zero-order chi connectivity index (χ0) is 19.6. The number of methoxy groups -OCH3 is 1. The predicted molar refractivity (Wildman–Crippen MR) is 106 cm³/mol. The van der Waals surface area contributed by atoms with Crippen LogP contribution in [0.15, 0.2) is 41.5 Å². The van der Waals surface area contributed by atoms with Crippen LogP contribution in [0.3, 0.4) is 0 Å². The minimum Gasteiger partial charge on any atom is -0.493 e. The Labute approximate surface area is 164 Å². The van der Waals surface area contributed by atoms with Crippen LogP contribution in [-0.2, 0) is 4.79 Å². The molecule has 0 unspecified atom stereocenters. The fraction of sp³-hybridized carbons (Fsp3) is 0.300. The van der Waals surface area contributed by atoms with Crippen LogP contribution in [-0.4, -0.2) is 32.4 Å². The summed E-state index contributed by atoms with van der Waals surface area (Å²) < 4.78 is 16.9. The standard InChI is InChI=1S/C20H23ClN2O4/c1-14-7-4-5-8-18(14)26-9-6-10-27-20-17(21)11-16(12-19(20)25-3)13-22-23-15(2)24/h4-5,7-8,11-13H,6,9-10H2,1-3H3,(H,23,24)/b22-13-. The van der Waals surface area contributed by atoms with Crippen molar-refractivity contribution in [2.24, 2.45) is 5.10 Å². The topological polar surface area (TPSA) is 69.2 Å². The molecule has 0 atom stereocenters. The Morgan fingerprint density at radius 1 is 1.19 bits per heavy atom. The second-order valence-electron chi connectivity index (χ2n) is 5.78. The zero-order valence-electron chi connectivity index (χ0n) is 15.6. The molecule has 0 aromatic heterocycles. The molecule has 0 aliphatic carbocycles. The van der Waals surface area contributed by atoms with Crippen LogP contribution in [0.4, 0.5) is 0 Å². The van der Waals surface area contributed by atoms with Crippen LogP contribution in [0.1, 0.15) is 24.5 Å². The number of benzene rings is 2. The molecule has 2 rings (SSSR count). The predicted octanol–water partition coefficient (Wildman–Crippen LogP) is 3.97. The van der Waals surface area contributed by atoms with Gasteiger partial charge in [0.25, 0.3) is 0 Å². The molecule has 0 aliphatic heterocycles. The summed E-state index contributed by atoms with van der Waals surface area (Å²) in [6.45, 7) is 4.35. The highest BCUT2D eigenvalue weighted by Gasteiger charge is 2.11. The van der Waals surface area contributed by atoms with E-state index in [0.29, 0.717) is 41.7 Å². The van der Waals surface area contributed by atoms with Gasteiger partial charge in [0.1, 0.15) is 5.75 Å². The first kappa shape index (κ1) is 20.6. The van der Waals surface area contributed by atoms with Crippen molar-refractivity contribution < 1.29 is 19.0 Å². The molecule has 0 aliphatic rings. The number of ether oxygens (including phenoxy) is 3. The number of nitrogens with one attached hydrogen (secondary N) is 1. The van der Waals surface area contributed by atoms with E-state index in [4.69, 9.17) is 25.8 Å². The molecule has 6 nitrogen and oxygen atoms in total. The summed E-state index contributed by atoms with van der Waals surface area (Å²) in [6, 6.07) is 11.3. The summed E-state index contributed by atoms with van der Waals surface area (Å²) in [4.78, 5) is 10.9. The summed E-state index contributed by atoms with van der Waals surface area (Å²) in [5, 5.41) is 4.21. The van der Waals surface area contributed by atoms with Crippen molar-refractivity contribution in [2.75, 3.05) is 20.3 Å². The lowest BCUT2D eigenvalue weighted by atomic mass is 10.2. The van der Waals surface area contributed by atoms with E-state index >= 15 is 0 Å². The SMILES string of the molecule is COc1cc(/C=N\NC(C)=O)cc(Cl)c1OCCCOc1ccccc1C. The molecule has 2 aromatic carbocycles. The summed E-state index contributed by atoms with van der Waals surface area (Å²) in [5.41, 5.74) is 4.11. The van der Waals surface area contributed by atoms with Gasteiger partial charge >= 0.3 is 0 Å². The van der Waals surface area contributed by atoms with E-state index in [0.717, 1.165) is 11.3 Å². The minimum absolute atomic E-state index is 0.253. The number of hydrazone groups is 1. The van der Waals surface area contributed by atoms with Crippen molar-refractivity contribution in [2.45, 2.75) is 20.3 Å². The van der Waals surface area contributed by atoms with Crippen LogP contribution in [0.25, 0.3) is 0 Å². The third-order valence-electron chi connectivity index (χ3n) is 3.57. The fourth-order valence-electron chi connectivity index (χ4n) is 2.29. The van der Waals surface area contributed by atoms with Gasteiger partial charge in [0.2, 0.25) is 5.91 Å². The number of carbonyl (C=O) groups excluding carboxylic acids is 1. The summed E-state index contributed by atoms with van der Waals surface area (Å²) in [7, 11) is 1.54. The van der Waals surface area contributed by atoms with Gasteiger partial charge in [0.05, 0.1) is 31.6 Å². The largest absolute Gasteiger partial charge is 0.493 e. The van der Waals surface area contributed by atoms with Crippen molar-refractivity contribution >= 4 is 23.7 Å². The molecule has 1 amide bonds. The van der Waals surface area contributed by atoms with Gasteiger partial charge in [-0.1, -0.05) is 29.8 Å². The third-order valence-corrected chi connectivity index (χ3v) is 3.85. The highest BCUT2D eigenvalue weighted by atomic mass is 35.5. The Bertz CT molecular complexity index is 809. The molecule has 144 valence electrons. The lowest BCUT2D eigenvalue weighted by molar-refractivity contribution is -0.118. The number of rotatable bonds is 9. The maximum absolute atomic E-state index is 10.9. The lowest BCUT2D eigenvalue weighted by Gasteiger charge is -2.14. The van der Waals surface area contributed by atoms with Crippen molar-refractivity contribution in [1.29, 1.82) is 0 Å². The average molecular weight is 391 g/mol. The van der Waals surface area contributed by atoms with Crippen molar-refractivity contribution in [3.63, 3.8) is 0 Å². The zero-order valence-corrected chi connectivity index (χ0v) is 16.4. The molecule has 0 saturated carbocycles.